The predicted octanol–water partition coefficient (Wildman–Crippen LogP) is 10.1. The fourth-order valence-electron chi connectivity index (χ4n) is 10.3. The highest BCUT2D eigenvalue weighted by molar-refractivity contribution is 5.69. The molecule has 0 aliphatic heterocycles. The van der Waals surface area contributed by atoms with Crippen molar-refractivity contribution in [3.05, 3.63) is 11.6 Å². The summed E-state index contributed by atoms with van der Waals surface area (Å²) in [5.74, 6) is 4.41. The summed E-state index contributed by atoms with van der Waals surface area (Å²) in [6, 6.07) is 0. The highest BCUT2D eigenvalue weighted by Gasteiger charge is 2.59. The maximum Gasteiger partial charge on any atom is 0.306 e. The molecule has 0 bridgehead atoms. The molecule has 3 fully saturated rings. The minimum atomic E-state index is -0.707. The molecule has 4 heteroatoms. The first kappa shape index (κ1) is 32.6. The molecule has 234 valence electrons. The zero-order chi connectivity index (χ0) is 29.6. The molecule has 1 N–H and O–H groups in total. The number of allylic oxidation sites excluding steroid dienone is 1. The number of fused-ring (bicyclic) bond motifs is 5. The number of unbranched alkanes of at least 4 members (excludes halogenated alkanes) is 5. The van der Waals surface area contributed by atoms with Gasteiger partial charge in [-0.3, -0.25) is 9.59 Å². The molecular formula is C37H62O4. The second-order valence-corrected chi connectivity index (χ2v) is 15.7. The number of carboxylic acids is 1. The molecular weight excluding hydrogens is 508 g/mol. The standard InChI is InChI=1S/C37H62O4/c1-26(2)13-12-14-27(3)31-19-20-32-30-18-17-28-25-29(21-23-36(28,4)33(30)22-24-37(31,32)5)41-35(40)16-11-9-7-6-8-10-15-34(38)39/h17,26-27,29-33H,6-16,18-25H2,1-5H3,(H,38,39)/t27-,29+,30+,31?,32+,33+,36+,37-/m1/s1. The van der Waals surface area contributed by atoms with Crippen molar-refractivity contribution in [3.8, 4) is 0 Å². The van der Waals surface area contributed by atoms with E-state index in [-0.39, 0.29) is 18.5 Å². The lowest BCUT2D eigenvalue weighted by atomic mass is 9.47. The van der Waals surface area contributed by atoms with Gasteiger partial charge in [0.05, 0.1) is 0 Å². The molecule has 41 heavy (non-hydrogen) atoms. The van der Waals surface area contributed by atoms with E-state index in [9.17, 15) is 9.59 Å². The van der Waals surface area contributed by atoms with Crippen molar-refractivity contribution in [1.29, 1.82) is 0 Å². The zero-order valence-corrected chi connectivity index (χ0v) is 27.2. The van der Waals surface area contributed by atoms with Gasteiger partial charge in [-0.15, -0.1) is 0 Å². The molecule has 8 atom stereocenters. The van der Waals surface area contributed by atoms with Crippen molar-refractivity contribution in [2.75, 3.05) is 0 Å². The van der Waals surface area contributed by atoms with Crippen molar-refractivity contribution in [2.24, 2.45) is 46.3 Å². The highest BCUT2D eigenvalue weighted by atomic mass is 16.5. The molecule has 0 heterocycles. The summed E-state index contributed by atoms with van der Waals surface area (Å²) >= 11 is 0. The molecule has 1 unspecified atom stereocenters. The van der Waals surface area contributed by atoms with Crippen molar-refractivity contribution in [2.45, 2.75) is 163 Å². The maximum absolute atomic E-state index is 12.6. The number of esters is 1. The lowest BCUT2D eigenvalue weighted by molar-refractivity contribution is -0.151. The van der Waals surface area contributed by atoms with Crippen LogP contribution in [0.5, 0.6) is 0 Å². The molecule has 4 aliphatic carbocycles. The fourth-order valence-corrected chi connectivity index (χ4v) is 10.3. The van der Waals surface area contributed by atoms with Gasteiger partial charge in [-0.25, -0.2) is 0 Å². The number of carbonyl (C=O) groups excluding carboxylic acids is 1. The number of aliphatic carboxylic acids is 1. The first-order valence-electron chi connectivity index (χ1n) is 17.7. The molecule has 4 rings (SSSR count). The number of carbonyl (C=O) groups is 2. The topological polar surface area (TPSA) is 63.6 Å². The Hall–Kier alpha value is -1.32. The average molecular weight is 571 g/mol. The predicted molar refractivity (Wildman–Crippen MR) is 167 cm³/mol. The minimum Gasteiger partial charge on any atom is -0.481 e. The average Bonchev–Trinajstić information content (AvgIpc) is 3.27. The van der Waals surface area contributed by atoms with Gasteiger partial charge in [0, 0.05) is 19.3 Å². The van der Waals surface area contributed by atoms with Gasteiger partial charge in [0.25, 0.3) is 0 Å². The van der Waals surface area contributed by atoms with E-state index in [1.807, 2.05) is 0 Å². The third kappa shape index (κ3) is 7.80. The van der Waals surface area contributed by atoms with Crippen LogP contribution in [0.2, 0.25) is 0 Å². The first-order valence-corrected chi connectivity index (χ1v) is 17.7. The molecule has 4 nitrogen and oxygen atoms in total. The minimum absolute atomic E-state index is 0.0216. The number of rotatable bonds is 15. The van der Waals surface area contributed by atoms with Gasteiger partial charge < -0.3 is 9.84 Å². The van der Waals surface area contributed by atoms with Crippen LogP contribution in [0.15, 0.2) is 11.6 Å². The van der Waals surface area contributed by atoms with E-state index in [4.69, 9.17) is 9.84 Å². The Morgan fingerprint density at radius 2 is 1.59 bits per heavy atom. The molecule has 0 saturated heterocycles. The fraction of sp³-hybridized carbons (Fsp3) is 0.892. The number of carboxylic acid groups (broad SMARTS) is 1. The van der Waals surface area contributed by atoms with Crippen LogP contribution >= 0.6 is 0 Å². The lowest BCUT2D eigenvalue weighted by Crippen LogP contribution is -2.51. The van der Waals surface area contributed by atoms with Crippen LogP contribution in [0.25, 0.3) is 0 Å². The van der Waals surface area contributed by atoms with E-state index < -0.39 is 5.97 Å². The van der Waals surface area contributed by atoms with Crippen LogP contribution in [-0.4, -0.2) is 23.1 Å². The summed E-state index contributed by atoms with van der Waals surface area (Å²) in [6.07, 6.45) is 23.5. The zero-order valence-electron chi connectivity index (χ0n) is 27.2. The quantitative estimate of drug-likeness (QED) is 0.121. The second kappa shape index (κ2) is 14.4. The van der Waals surface area contributed by atoms with Gasteiger partial charge in [0.2, 0.25) is 0 Å². The normalized spacial score (nSPS) is 35.3. The smallest absolute Gasteiger partial charge is 0.306 e. The van der Waals surface area contributed by atoms with Gasteiger partial charge in [-0.1, -0.05) is 91.2 Å². The van der Waals surface area contributed by atoms with Crippen LogP contribution in [0.3, 0.4) is 0 Å². The Morgan fingerprint density at radius 3 is 2.29 bits per heavy atom. The van der Waals surface area contributed by atoms with Crippen molar-refractivity contribution < 1.29 is 19.4 Å². The Bertz CT molecular complexity index is 907. The van der Waals surface area contributed by atoms with Crippen LogP contribution in [0.1, 0.15) is 157 Å². The van der Waals surface area contributed by atoms with Crippen LogP contribution < -0.4 is 0 Å². The van der Waals surface area contributed by atoms with Crippen LogP contribution in [0, 0.1) is 46.3 Å². The van der Waals surface area contributed by atoms with Crippen LogP contribution in [-0.2, 0) is 14.3 Å². The van der Waals surface area contributed by atoms with Gasteiger partial charge in [-0.05, 0) is 104 Å². The molecule has 0 aromatic rings. The summed E-state index contributed by atoms with van der Waals surface area (Å²) in [6.45, 7) is 12.5. The monoisotopic (exact) mass is 570 g/mol. The summed E-state index contributed by atoms with van der Waals surface area (Å²) < 4.78 is 6.02. The molecule has 0 aromatic heterocycles. The van der Waals surface area contributed by atoms with Crippen molar-refractivity contribution >= 4 is 11.9 Å². The summed E-state index contributed by atoms with van der Waals surface area (Å²) in [4.78, 5) is 23.2. The van der Waals surface area contributed by atoms with Gasteiger partial charge in [-0.2, -0.15) is 0 Å². The van der Waals surface area contributed by atoms with Gasteiger partial charge >= 0.3 is 11.9 Å². The molecule has 0 amide bonds. The van der Waals surface area contributed by atoms with E-state index >= 15 is 0 Å². The Kier molecular flexibility index (Phi) is 11.5. The van der Waals surface area contributed by atoms with E-state index in [1.54, 1.807) is 5.57 Å². The largest absolute Gasteiger partial charge is 0.481 e. The number of hydrogen-bond donors (Lipinski definition) is 1. The van der Waals surface area contributed by atoms with E-state index in [2.05, 4.69) is 40.7 Å². The molecule has 3 saturated carbocycles. The summed E-state index contributed by atoms with van der Waals surface area (Å²) in [7, 11) is 0. The van der Waals surface area contributed by atoms with Gasteiger partial charge in [0.1, 0.15) is 6.10 Å². The molecule has 0 aromatic carbocycles. The first-order chi connectivity index (χ1) is 19.5. The van der Waals surface area contributed by atoms with E-state index in [1.165, 1.54) is 57.8 Å². The molecule has 4 aliphatic rings. The lowest BCUT2D eigenvalue weighted by Gasteiger charge is -2.58. The maximum atomic E-state index is 12.6. The summed E-state index contributed by atoms with van der Waals surface area (Å²) in [5, 5.41) is 8.73. The SMILES string of the molecule is CC(C)CCC[C@@H](C)C1CC[C@H]2[C@@H]3CC=C4C[C@@H](OC(=O)CCCCCCCCC(=O)O)CC[C@]4(C)[C@H]3CC[C@]12C. The van der Waals surface area contributed by atoms with E-state index in [0.29, 0.717) is 17.3 Å². The van der Waals surface area contributed by atoms with Crippen molar-refractivity contribution in [3.63, 3.8) is 0 Å². The van der Waals surface area contributed by atoms with Crippen LogP contribution in [0.4, 0.5) is 0 Å². The van der Waals surface area contributed by atoms with Gasteiger partial charge in [0.15, 0.2) is 0 Å². The van der Waals surface area contributed by atoms with E-state index in [0.717, 1.165) is 86.9 Å². The summed E-state index contributed by atoms with van der Waals surface area (Å²) in [5.41, 5.74) is 2.43. The molecule has 0 radical (unpaired) electrons. The highest BCUT2D eigenvalue weighted by Crippen LogP contribution is 2.67. The number of hydrogen-bond acceptors (Lipinski definition) is 3. The Morgan fingerprint density at radius 1 is 0.878 bits per heavy atom. The van der Waals surface area contributed by atoms with Crippen molar-refractivity contribution in [1.82, 2.24) is 0 Å². The number of ether oxygens (including phenoxy) is 1. The Balaban J connectivity index is 1.24. The second-order valence-electron chi connectivity index (χ2n) is 15.7. The third-order valence-corrected chi connectivity index (χ3v) is 12.6. The molecule has 0 spiro atoms. The third-order valence-electron chi connectivity index (χ3n) is 12.6. The Labute approximate surface area is 251 Å².